The number of carbonyl (C=O) groups is 2. The van der Waals surface area contributed by atoms with E-state index in [2.05, 4.69) is 38.3 Å². The molecule has 0 spiro atoms. The molecule has 2 rings (SSSR count). The average Bonchev–Trinajstić information content (AvgIpc) is 2.79. The van der Waals surface area contributed by atoms with Crippen molar-refractivity contribution in [2.45, 2.75) is 76.8 Å². The van der Waals surface area contributed by atoms with Gasteiger partial charge in [0.2, 0.25) is 0 Å². The maximum Gasteiger partial charge on any atom is 0.0870 e. The summed E-state index contributed by atoms with van der Waals surface area (Å²) < 4.78 is 22.2. The lowest BCUT2D eigenvalue weighted by atomic mass is 10.1. The zero-order chi connectivity index (χ0) is 24.6. The van der Waals surface area contributed by atoms with Crippen molar-refractivity contribution in [1.29, 1.82) is 0 Å². The molecule has 2 heterocycles. The number of nitrogens with two attached hydrogens (primary N) is 2. The molecule has 0 aromatic rings. The third-order valence-corrected chi connectivity index (χ3v) is 5.38. The molecule has 0 unspecified atom stereocenters. The minimum Gasteiger partial charge on any atom is -0.543 e. The molecule has 32 heavy (non-hydrogen) atoms. The van der Waals surface area contributed by atoms with Gasteiger partial charge >= 0.3 is 0 Å². The molecule has 0 saturated carbocycles. The van der Waals surface area contributed by atoms with Crippen molar-refractivity contribution in [3.63, 3.8) is 0 Å². The molecule has 2 aliphatic rings. The largest absolute Gasteiger partial charge is 0.543 e. The SMILES string of the molecule is COC(C)(C)COC1CC[NH2+]CC1.COC(C)(C)COC1CC[NH2+]CC1.O=C([O-])C(=O)[O-]. The molecule has 2 saturated heterocycles. The fourth-order valence-corrected chi connectivity index (χ4v) is 2.88. The number of methoxy groups -OCH3 is 2. The zero-order valence-corrected chi connectivity index (χ0v) is 20.6. The van der Waals surface area contributed by atoms with Crippen molar-refractivity contribution < 1.29 is 49.4 Å². The lowest BCUT2D eigenvalue weighted by Gasteiger charge is -2.27. The lowest BCUT2D eigenvalue weighted by Crippen LogP contribution is -2.86. The number of carbonyl (C=O) groups excluding carboxylic acids is 2. The van der Waals surface area contributed by atoms with Gasteiger partial charge in [0.15, 0.2) is 0 Å². The minimum atomic E-state index is -2.19. The van der Waals surface area contributed by atoms with Crippen molar-refractivity contribution in [2.24, 2.45) is 0 Å². The summed E-state index contributed by atoms with van der Waals surface area (Å²) in [5.41, 5.74) is -0.275. The minimum absolute atomic E-state index is 0.138. The molecule has 0 radical (unpaired) electrons. The Bertz CT molecular complexity index is 470. The van der Waals surface area contributed by atoms with Crippen LogP contribution < -0.4 is 20.8 Å². The maximum atomic E-state index is 8.93. The first kappa shape index (κ1) is 30.7. The number of hydrogen-bond acceptors (Lipinski definition) is 8. The highest BCUT2D eigenvalue weighted by molar-refractivity contribution is 6.25. The lowest BCUT2D eigenvalue weighted by molar-refractivity contribution is -0.665. The van der Waals surface area contributed by atoms with Gasteiger partial charge in [-0.15, -0.1) is 0 Å². The van der Waals surface area contributed by atoms with Gasteiger partial charge in [-0.2, -0.15) is 0 Å². The van der Waals surface area contributed by atoms with Gasteiger partial charge in [0, 0.05) is 39.9 Å². The second-order valence-electron chi connectivity index (χ2n) is 9.26. The Balaban J connectivity index is 0.000000484. The van der Waals surface area contributed by atoms with E-state index in [0.717, 1.165) is 0 Å². The van der Waals surface area contributed by atoms with Gasteiger partial charge < -0.3 is 49.4 Å². The molecule has 190 valence electrons. The van der Waals surface area contributed by atoms with E-state index in [4.69, 9.17) is 38.7 Å². The molecule has 10 heteroatoms. The molecular formula is C22H44N2O8. The number of aliphatic carboxylic acids is 2. The standard InChI is InChI=1S/2C10H21NO2.C2H2O4/c2*1-10(2,12-3)8-13-9-4-6-11-7-5-9;3-1(4)2(5)6/h2*9,11H,4-8H2,1-3H3;(H,3,4)(H,5,6). The van der Waals surface area contributed by atoms with Crippen LogP contribution in [0.25, 0.3) is 0 Å². The number of rotatable bonds is 8. The fourth-order valence-electron chi connectivity index (χ4n) is 2.88. The van der Waals surface area contributed by atoms with Crippen LogP contribution in [-0.2, 0) is 28.5 Å². The fraction of sp³-hybridized carbons (Fsp3) is 0.909. The van der Waals surface area contributed by atoms with Crippen molar-refractivity contribution in [1.82, 2.24) is 0 Å². The van der Waals surface area contributed by atoms with E-state index in [1.165, 1.54) is 51.9 Å². The molecule has 0 bridgehead atoms. The normalized spacial score (nSPS) is 18.1. The summed E-state index contributed by atoms with van der Waals surface area (Å²) in [7, 11) is 3.47. The van der Waals surface area contributed by atoms with Crippen molar-refractivity contribution >= 4 is 11.9 Å². The second kappa shape index (κ2) is 16.3. The van der Waals surface area contributed by atoms with Gasteiger partial charge in [0.25, 0.3) is 0 Å². The third kappa shape index (κ3) is 16.3. The number of carboxylic acid groups (broad SMARTS) is 2. The van der Waals surface area contributed by atoms with E-state index in [-0.39, 0.29) is 11.2 Å². The van der Waals surface area contributed by atoms with E-state index in [0.29, 0.717) is 25.4 Å². The molecule has 0 aromatic heterocycles. The Kier molecular flexibility index (Phi) is 15.7. The van der Waals surface area contributed by atoms with Crippen molar-refractivity contribution in [2.75, 3.05) is 53.6 Å². The second-order valence-corrected chi connectivity index (χ2v) is 9.26. The predicted molar refractivity (Wildman–Crippen MR) is 113 cm³/mol. The first-order valence-corrected chi connectivity index (χ1v) is 11.3. The van der Waals surface area contributed by atoms with Crippen molar-refractivity contribution in [3.8, 4) is 0 Å². The number of hydrogen-bond donors (Lipinski definition) is 2. The highest BCUT2D eigenvalue weighted by Crippen LogP contribution is 2.13. The van der Waals surface area contributed by atoms with E-state index in [1.807, 2.05) is 0 Å². The summed E-state index contributed by atoms with van der Waals surface area (Å²) in [5, 5.41) is 22.5. The molecule has 0 aliphatic carbocycles. The van der Waals surface area contributed by atoms with E-state index >= 15 is 0 Å². The van der Waals surface area contributed by atoms with Gasteiger partial charge in [0.05, 0.1) is 74.7 Å². The number of ether oxygens (including phenoxy) is 4. The van der Waals surface area contributed by atoms with E-state index in [1.54, 1.807) is 14.2 Å². The van der Waals surface area contributed by atoms with Crippen LogP contribution >= 0.6 is 0 Å². The van der Waals surface area contributed by atoms with Crippen LogP contribution in [0.3, 0.4) is 0 Å². The number of quaternary nitrogens is 2. The van der Waals surface area contributed by atoms with Gasteiger partial charge in [-0.3, -0.25) is 0 Å². The molecule has 10 nitrogen and oxygen atoms in total. The molecule has 2 aliphatic heterocycles. The summed E-state index contributed by atoms with van der Waals surface area (Å²) in [6.07, 6.45) is 5.64. The summed E-state index contributed by atoms with van der Waals surface area (Å²) >= 11 is 0. The quantitative estimate of drug-likeness (QED) is 0.356. The van der Waals surface area contributed by atoms with Crippen molar-refractivity contribution in [3.05, 3.63) is 0 Å². The third-order valence-electron chi connectivity index (χ3n) is 5.38. The van der Waals surface area contributed by atoms with E-state index in [9.17, 15) is 0 Å². The molecule has 0 amide bonds. The molecule has 0 aromatic carbocycles. The zero-order valence-electron chi connectivity index (χ0n) is 20.6. The molecular weight excluding hydrogens is 420 g/mol. The Morgan fingerprint density at radius 3 is 1.22 bits per heavy atom. The van der Waals surface area contributed by atoms with Gasteiger partial charge in [0.1, 0.15) is 0 Å². The highest BCUT2D eigenvalue weighted by atomic mass is 16.5. The van der Waals surface area contributed by atoms with Gasteiger partial charge in [-0.25, -0.2) is 0 Å². The summed E-state index contributed by atoms with van der Waals surface area (Å²) in [6, 6.07) is 0. The Labute approximate surface area is 192 Å². The highest BCUT2D eigenvalue weighted by Gasteiger charge is 2.23. The van der Waals surface area contributed by atoms with Crippen LogP contribution in [0.4, 0.5) is 0 Å². The Hall–Kier alpha value is -1.30. The van der Waals surface area contributed by atoms with Crippen LogP contribution in [0.2, 0.25) is 0 Å². The predicted octanol–water partition coefficient (Wildman–Crippen LogP) is -3.21. The monoisotopic (exact) mass is 464 g/mol. The van der Waals surface area contributed by atoms with Crippen LogP contribution in [0.1, 0.15) is 53.4 Å². The van der Waals surface area contributed by atoms with Gasteiger partial charge in [-0.05, 0) is 27.7 Å². The Morgan fingerprint density at radius 1 is 0.719 bits per heavy atom. The first-order valence-electron chi connectivity index (χ1n) is 11.3. The summed E-state index contributed by atoms with van der Waals surface area (Å²) in [6.45, 7) is 14.5. The average molecular weight is 465 g/mol. The Morgan fingerprint density at radius 2 is 1.00 bits per heavy atom. The molecule has 0 atom stereocenters. The smallest absolute Gasteiger partial charge is 0.0870 e. The van der Waals surface area contributed by atoms with Crippen LogP contribution in [-0.4, -0.2) is 89.0 Å². The molecule has 2 fully saturated rings. The molecule has 4 N–H and O–H groups in total. The summed E-state index contributed by atoms with van der Waals surface area (Å²) in [5.74, 6) is -4.37. The topological polar surface area (TPSA) is 150 Å². The summed E-state index contributed by atoms with van der Waals surface area (Å²) in [4.78, 5) is 17.9. The van der Waals surface area contributed by atoms with Crippen LogP contribution in [0.15, 0.2) is 0 Å². The van der Waals surface area contributed by atoms with Crippen LogP contribution in [0, 0.1) is 0 Å². The first-order chi connectivity index (χ1) is 14.9. The van der Waals surface area contributed by atoms with Crippen LogP contribution in [0.5, 0.6) is 0 Å². The number of piperidine rings is 2. The number of carboxylic acids is 2. The maximum absolute atomic E-state index is 8.93. The van der Waals surface area contributed by atoms with Gasteiger partial charge in [-0.1, -0.05) is 0 Å². The van der Waals surface area contributed by atoms with E-state index < -0.39 is 11.9 Å².